The third-order valence-electron chi connectivity index (χ3n) is 0. The molecule has 0 aliphatic carbocycles. The molecule has 0 aliphatic heterocycles. The van der Waals surface area contributed by atoms with Gasteiger partial charge in [-0.05, 0) is 0 Å². The Labute approximate surface area is 65.5 Å². The Hall–Kier alpha value is 1.42. The van der Waals surface area contributed by atoms with Gasteiger partial charge in [-0.15, -0.1) is 0 Å². The second kappa shape index (κ2) is 32.2. The minimum atomic E-state index is -0.278. The van der Waals surface area contributed by atoms with Gasteiger partial charge in [-0.2, -0.15) is 0 Å². The Morgan fingerprint density at radius 3 is 1.67 bits per heavy atom. The summed E-state index contributed by atoms with van der Waals surface area (Å²) in [6.45, 7) is 0. The number of hydrogen-bond donors (Lipinski definition) is 1. The fraction of sp³-hybridized carbons (Fsp3) is 0.500. The Kier molecular flexibility index (Phi) is 84.1. The molecule has 4 heteroatoms. The van der Waals surface area contributed by atoms with Crippen LogP contribution in [-0.2, 0) is 21.1 Å². The van der Waals surface area contributed by atoms with Crippen LogP contribution in [0.3, 0.4) is 0 Å². The Bertz CT molecular complexity index is 13.5. The largest absolute Gasteiger partial charge is 0.381 e. The van der Waals surface area contributed by atoms with E-state index in [9.17, 15) is 0 Å². The fourth-order valence-electron chi connectivity index (χ4n) is 0. The van der Waals surface area contributed by atoms with Crippen molar-refractivity contribution in [2.75, 3.05) is 6.07 Å². The first-order chi connectivity index (χ1) is 2.41. The molecule has 0 aromatic carbocycles. The van der Waals surface area contributed by atoms with E-state index < -0.39 is 0 Å². The molecule has 0 aromatic heterocycles. The molecule has 0 amide bonds. The molecular formula is C2H5BrClOW-. The van der Waals surface area contributed by atoms with E-state index in [0.717, 1.165) is 0 Å². The van der Waals surface area contributed by atoms with Crippen LogP contribution >= 0.6 is 27.5 Å². The van der Waals surface area contributed by atoms with Gasteiger partial charge in [0.05, 0.1) is 0 Å². The van der Waals surface area contributed by atoms with Crippen molar-refractivity contribution >= 4 is 27.5 Å². The van der Waals surface area contributed by atoms with Gasteiger partial charge in [-0.25, -0.2) is 0 Å². The standard InChI is InChI=1S/CH2Br.CH3ClO.W/c1-2;2-1-3;/h1H2;3H,1H2;/q-1;;. The van der Waals surface area contributed by atoms with Crippen molar-refractivity contribution in [2.24, 2.45) is 0 Å². The summed E-state index contributed by atoms with van der Waals surface area (Å²) in [6, 6.07) is -0.278. The number of alkyl halides is 1. The minimum Gasteiger partial charge on any atom is -0.381 e. The van der Waals surface area contributed by atoms with Crippen LogP contribution in [0, 0.1) is 5.83 Å². The van der Waals surface area contributed by atoms with Gasteiger partial charge >= 0.3 is 0 Å². The Balaban J connectivity index is -0.0000000275. The summed E-state index contributed by atoms with van der Waals surface area (Å²) in [5.41, 5.74) is 0. The number of halogens is 2. The molecule has 0 saturated heterocycles. The van der Waals surface area contributed by atoms with Gasteiger partial charge in [0, 0.05) is 21.1 Å². The maximum absolute atomic E-state index is 7.33. The summed E-state index contributed by atoms with van der Waals surface area (Å²) in [4.78, 5) is 0. The van der Waals surface area contributed by atoms with Crippen molar-refractivity contribution in [1.29, 1.82) is 0 Å². The topological polar surface area (TPSA) is 20.2 Å². The van der Waals surface area contributed by atoms with Crippen LogP contribution in [-0.4, -0.2) is 11.2 Å². The van der Waals surface area contributed by atoms with Gasteiger partial charge in [-0.1, -0.05) is 11.6 Å². The SMILES string of the molecule is OCCl.[CH2-]Br.[W]. The van der Waals surface area contributed by atoms with Crippen LogP contribution in [0.25, 0.3) is 0 Å². The zero-order chi connectivity index (χ0) is 4.71. The van der Waals surface area contributed by atoms with Crippen LogP contribution < -0.4 is 0 Å². The molecule has 0 atom stereocenters. The summed E-state index contributed by atoms with van der Waals surface area (Å²) >= 11 is 7.24. The Morgan fingerprint density at radius 1 is 1.67 bits per heavy atom. The summed E-state index contributed by atoms with van der Waals surface area (Å²) in [5, 5.41) is 7.33. The van der Waals surface area contributed by atoms with Crippen LogP contribution in [0.5, 0.6) is 0 Å². The van der Waals surface area contributed by atoms with E-state index in [4.69, 9.17) is 5.11 Å². The van der Waals surface area contributed by atoms with Gasteiger partial charge in [0.2, 0.25) is 0 Å². The van der Waals surface area contributed by atoms with E-state index in [2.05, 4.69) is 33.4 Å². The second-order valence-corrected chi connectivity index (χ2v) is 0.359. The van der Waals surface area contributed by atoms with Crippen molar-refractivity contribution in [3.63, 3.8) is 0 Å². The molecule has 0 radical (unpaired) electrons. The molecule has 0 heterocycles. The first kappa shape index (κ1) is 15.7. The average Bonchev–Trinajstić information content (AvgIpc) is 1.46. The molecule has 0 aromatic rings. The number of aliphatic hydroxyl groups excluding tert-OH is 1. The van der Waals surface area contributed by atoms with Gasteiger partial charge in [-0.3, -0.25) is 5.83 Å². The van der Waals surface area contributed by atoms with E-state index in [1.165, 1.54) is 0 Å². The molecule has 0 spiro atoms. The first-order valence-electron chi connectivity index (χ1n) is 0.851. The molecule has 1 N–H and O–H groups in total. The first-order valence-corrected chi connectivity index (χ1v) is 2.51. The zero-order valence-electron chi connectivity index (χ0n) is 3.03. The van der Waals surface area contributed by atoms with Crippen LogP contribution in [0.15, 0.2) is 0 Å². The van der Waals surface area contributed by atoms with Crippen LogP contribution in [0.2, 0.25) is 0 Å². The molecular weight excluding hydrogens is 339 g/mol. The van der Waals surface area contributed by atoms with Crippen LogP contribution in [0.4, 0.5) is 0 Å². The third kappa shape index (κ3) is 52.6. The molecule has 40 valence electrons. The maximum atomic E-state index is 7.33. The van der Waals surface area contributed by atoms with Gasteiger partial charge in [0.15, 0.2) is 0 Å². The zero-order valence-corrected chi connectivity index (χ0v) is 8.30. The molecule has 0 saturated carbocycles. The monoisotopic (exact) mass is 343 g/mol. The number of rotatable bonds is 0. The van der Waals surface area contributed by atoms with Crippen molar-refractivity contribution in [3.05, 3.63) is 5.83 Å². The Morgan fingerprint density at radius 2 is 1.67 bits per heavy atom. The van der Waals surface area contributed by atoms with Crippen molar-refractivity contribution in [3.8, 4) is 0 Å². The van der Waals surface area contributed by atoms with Gasteiger partial charge in [0.25, 0.3) is 0 Å². The third-order valence-corrected chi connectivity index (χ3v) is 0. The molecule has 1 nitrogen and oxygen atoms in total. The summed E-state index contributed by atoms with van der Waals surface area (Å²) in [5.74, 6) is 3.06. The van der Waals surface area contributed by atoms with Crippen LogP contribution in [0.1, 0.15) is 0 Å². The van der Waals surface area contributed by atoms with Gasteiger partial charge in [0.1, 0.15) is 6.07 Å². The summed E-state index contributed by atoms with van der Waals surface area (Å²) in [6.07, 6.45) is 0. The molecule has 0 bridgehead atoms. The van der Waals surface area contributed by atoms with E-state index >= 15 is 0 Å². The van der Waals surface area contributed by atoms with E-state index in [1.807, 2.05) is 0 Å². The predicted octanol–water partition coefficient (Wildman–Crippen LogP) is 1.35. The van der Waals surface area contributed by atoms with Crippen molar-refractivity contribution in [2.45, 2.75) is 0 Å². The number of hydrogen-bond acceptors (Lipinski definition) is 1. The number of aliphatic hydroxyl groups is 1. The quantitative estimate of drug-likeness (QED) is 0.520. The minimum absolute atomic E-state index is 0. The molecule has 0 fully saturated rings. The molecule has 0 unspecified atom stereocenters. The van der Waals surface area contributed by atoms with E-state index in [-0.39, 0.29) is 27.1 Å². The van der Waals surface area contributed by atoms with Crippen molar-refractivity contribution in [1.82, 2.24) is 0 Å². The predicted molar refractivity (Wildman–Crippen MR) is 27.2 cm³/mol. The summed E-state index contributed by atoms with van der Waals surface area (Å²) in [7, 11) is 0. The van der Waals surface area contributed by atoms with E-state index in [1.54, 1.807) is 0 Å². The molecule has 6 heavy (non-hydrogen) atoms. The second-order valence-electron chi connectivity index (χ2n) is 0.120. The average molecular weight is 344 g/mol. The summed E-state index contributed by atoms with van der Waals surface area (Å²) < 4.78 is 0. The van der Waals surface area contributed by atoms with Gasteiger partial charge < -0.3 is 21.0 Å². The van der Waals surface area contributed by atoms with E-state index in [0.29, 0.717) is 0 Å². The smallest absolute Gasteiger partial charge is 0.117 e. The normalized spacial score (nSPS) is 4.00. The molecule has 0 rings (SSSR count). The maximum Gasteiger partial charge on any atom is 0.117 e. The van der Waals surface area contributed by atoms with Crippen molar-refractivity contribution < 1.29 is 26.2 Å². The fourth-order valence-corrected chi connectivity index (χ4v) is 0. The molecule has 0 aliphatic rings.